The molecule has 31 heavy (non-hydrogen) atoms. The Morgan fingerprint density at radius 2 is 1.94 bits per heavy atom. The third-order valence-corrected chi connectivity index (χ3v) is 7.09. The number of carbonyl (C=O) groups is 3. The Kier molecular flexibility index (Phi) is 8.74. The molecule has 1 aromatic carbocycles. The molecule has 1 aromatic rings. The smallest absolute Gasteiger partial charge is 0.323 e. The van der Waals surface area contributed by atoms with Crippen molar-refractivity contribution in [1.82, 2.24) is 10.6 Å². The SMILES string of the molecule is O=C(O)CN1C(=O)[C@H](N[C@H](CCCCC2CCNCC2)C(=O)O)CSc2ccccc21. The Hall–Kier alpha value is -2.10. The quantitative estimate of drug-likeness (QED) is 0.402. The lowest BCUT2D eigenvalue weighted by Crippen LogP contribution is -2.53. The standard InChI is InChI=1S/C22H31N3O5S/c26-20(27)13-25-18-7-3-4-8-19(18)31-14-17(21(25)28)24-16(22(29)30)6-2-1-5-15-9-11-23-12-10-15/h3-4,7-8,15-17,23-24H,1-2,5-6,9-14H2,(H,26,27)(H,29,30)/t16-,17-/m1/s1. The van der Waals surface area contributed by atoms with Gasteiger partial charge < -0.3 is 15.5 Å². The molecule has 1 saturated heterocycles. The number of amides is 1. The van der Waals surface area contributed by atoms with Gasteiger partial charge in [0.2, 0.25) is 5.91 Å². The van der Waals surface area contributed by atoms with Gasteiger partial charge in [0.15, 0.2) is 0 Å². The zero-order chi connectivity index (χ0) is 22.2. The summed E-state index contributed by atoms with van der Waals surface area (Å²) in [6.07, 6.45) is 5.65. The monoisotopic (exact) mass is 449 g/mol. The zero-order valence-corrected chi connectivity index (χ0v) is 18.4. The molecular formula is C22H31N3O5S. The fourth-order valence-electron chi connectivity index (χ4n) is 4.24. The molecule has 0 saturated carbocycles. The van der Waals surface area contributed by atoms with Crippen molar-refractivity contribution in [3.05, 3.63) is 24.3 Å². The van der Waals surface area contributed by atoms with E-state index in [0.29, 0.717) is 23.8 Å². The van der Waals surface area contributed by atoms with Crippen LogP contribution in [0.2, 0.25) is 0 Å². The first kappa shape index (κ1) is 23.6. The van der Waals surface area contributed by atoms with E-state index >= 15 is 0 Å². The summed E-state index contributed by atoms with van der Waals surface area (Å²) in [6, 6.07) is 5.57. The minimum Gasteiger partial charge on any atom is -0.480 e. The molecule has 0 bridgehead atoms. The number of carboxylic acids is 2. The summed E-state index contributed by atoms with van der Waals surface area (Å²) in [6.45, 7) is 1.66. The number of benzene rings is 1. The van der Waals surface area contributed by atoms with E-state index < -0.39 is 36.5 Å². The predicted octanol–water partition coefficient (Wildman–Crippen LogP) is 2.18. The second kappa shape index (κ2) is 11.5. The number of nitrogens with one attached hydrogen (secondary N) is 2. The first-order valence-corrected chi connectivity index (χ1v) is 11.9. The van der Waals surface area contributed by atoms with Crippen molar-refractivity contribution in [3.63, 3.8) is 0 Å². The number of unbranched alkanes of at least 4 members (excludes halogenated alkanes) is 1. The van der Waals surface area contributed by atoms with Gasteiger partial charge in [-0.2, -0.15) is 0 Å². The van der Waals surface area contributed by atoms with Crippen LogP contribution in [0.5, 0.6) is 0 Å². The second-order valence-electron chi connectivity index (χ2n) is 8.18. The van der Waals surface area contributed by atoms with E-state index in [0.717, 1.165) is 37.2 Å². The minimum atomic E-state index is -1.11. The summed E-state index contributed by atoms with van der Waals surface area (Å²) in [5.74, 6) is -1.43. The molecule has 2 aliphatic heterocycles. The van der Waals surface area contributed by atoms with E-state index in [-0.39, 0.29) is 0 Å². The molecule has 1 amide bonds. The molecule has 8 nitrogen and oxygen atoms in total. The molecule has 3 rings (SSSR count). The van der Waals surface area contributed by atoms with Crippen LogP contribution >= 0.6 is 11.8 Å². The van der Waals surface area contributed by atoms with Gasteiger partial charge in [-0.1, -0.05) is 31.4 Å². The van der Waals surface area contributed by atoms with Crippen LogP contribution in [0.4, 0.5) is 5.69 Å². The van der Waals surface area contributed by atoms with Crippen LogP contribution in [-0.4, -0.2) is 65.5 Å². The number of rotatable bonds is 10. The van der Waals surface area contributed by atoms with Crippen molar-refractivity contribution in [2.45, 2.75) is 55.5 Å². The molecule has 0 aromatic heterocycles. The fourth-order valence-corrected chi connectivity index (χ4v) is 5.33. The number of hydrogen-bond donors (Lipinski definition) is 4. The molecule has 2 atom stereocenters. The molecule has 0 aliphatic carbocycles. The molecule has 2 aliphatic rings. The van der Waals surface area contributed by atoms with Crippen molar-refractivity contribution >= 4 is 35.3 Å². The van der Waals surface area contributed by atoms with Crippen molar-refractivity contribution < 1.29 is 24.6 Å². The Morgan fingerprint density at radius 3 is 2.65 bits per heavy atom. The number of hydrogen-bond acceptors (Lipinski definition) is 6. The van der Waals surface area contributed by atoms with E-state index in [1.807, 2.05) is 12.1 Å². The number of anilines is 1. The Balaban J connectivity index is 1.60. The lowest BCUT2D eigenvalue weighted by Gasteiger charge is -2.26. The fraction of sp³-hybridized carbons (Fsp3) is 0.591. The van der Waals surface area contributed by atoms with Gasteiger partial charge in [0.25, 0.3) is 0 Å². The molecule has 4 N–H and O–H groups in total. The van der Waals surface area contributed by atoms with Gasteiger partial charge in [-0.25, -0.2) is 0 Å². The van der Waals surface area contributed by atoms with Gasteiger partial charge >= 0.3 is 11.9 Å². The molecule has 0 unspecified atom stereocenters. The second-order valence-corrected chi connectivity index (χ2v) is 9.25. The van der Waals surface area contributed by atoms with Gasteiger partial charge in [0, 0.05) is 10.6 Å². The number of para-hydroxylation sites is 1. The zero-order valence-electron chi connectivity index (χ0n) is 17.6. The van der Waals surface area contributed by atoms with E-state index in [1.54, 1.807) is 12.1 Å². The number of thioether (sulfide) groups is 1. The number of piperidine rings is 1. The van der Waals surface area contributed by atoms with Gasteiger partial charge in [-0.3, -0.25) is 24.6 Å². The number of fused-ring (bicyclic) bond motifs is 1. The summed E-state index contributed by atoms with van der Waals surface area (Å²) >= 11 is 1.44. The van der Waals surface area contributed by atoms with Crippen molar-refractivity contribution in [2.24, 2.45) is 5.92 Å². The first-order chi connectivity index (χ1) is 15.0. The molecular weight excluding hydrogens is 418 g/mol. The highest BCUT2D eigenvalue weighted by Crippen LogP contribution is 2.34. The summed E-state index contributed by atoms with van der Waals surface area (Å²) < 4.78 is 0. The Bertz CT molecular complexity index is 784. The van der Waals surface area contributed by atoms with E-state index in [2.05, 4.69) is 10.6 Å². The lowest BCUT2D eigenvalue weighted by molar-refractivity contribution is -0.140. The highest BCUT2D eigenvalue weighted by Gasteiger charge is 2.34. The summed E-state index contributed by atoms with van der Waals surface area (Å²) in [7, 11) is 0. The highest BCUT2D eigenvalue weighted by atomic mass is 32.2. The number of nitrogens with zero attached hydrogens (tertiary/aromatic N) is 1. The Labute approximate surface area is 186 Å². The molecule has 2 heterocycles. The van der Waals surface area contributed by atoms with Crippen LogP contribution in [0, 0.1) is 5.92 Å². The van der Waals surface area contributed by atoms with E-state index in [1.165, 1.54) is 29.5 Å². The third-order valence-electron chi connectivity index (χ3n) is 5.93. The van der Waals surface area contributed by atoms with Crippen molar-refractivity contribution in [2.75, 3.05) is 30.3 Å². The molecule has 1 fully saturated rings. The van der Waals surface area contributed by atoms with Crippen molar-refractivity contribution in [1.29, 1.82) is 0 Å². The summed E-state index contributed by atoms with van der Waals surface area (Å²) in [5.41, 5.74) is 0.554. The average molecular weight is 450 g/mol. The van der Waals surface area contributed by atoms with Crippen LogP contribution in [0.1, 0.15) is 38.5 Å². The van der Waals surface area contributed by atoms with Crippen molar-refractivity contribution in [3.8, 4) is 0 Å². The third kappa shape index (κ3) is 6.69. The van der Waals surface area contributed by atoms with Gasteiger partial charge in [-0.15, -0.1) is 11.8 Å². The van der Waals surface area contributed by atoms with Gasteiger partial charge in [0.05, 0.1) is 11.7 Å². The average Bonchev–Trinajstić information content (AvgIpc) is 2.88. The highest BCUT2D eigenvalue weighted by molar-refractivity contribution is 7.99. The largest absolute Gasteiger partial charge is 0.480 e. The molecule has 0 radical (unpaired) electrons. The van der Waals surface area contributed by atoms with Crippen LogP contribution in [0.15, 0.2) is 29.2 Å². The normalized spacial score (nSPS) is 20.7. The molecule has 0 spiro atoms. The summed E-state index contributed by atoms with van der Waals surface area (Å²) in [4.78, 5) is 38.4. The minimum absolute atomic E-state index is 0.352. The number of aliphatic carboxylic acids is 2. The number of carboxylic acid groups (broad SMARTS) is 2. The molecule has 9 heteroatoms. The predicted molar refractivity (Wildman–Crippen MR) is 120 cm³/mol. The molecule has 170 valence electrons. The van der Waals surface area contributed by atoms with Crippen LogP contribution in [0.25, 0.3) is 0 Å². The van der Waals surface area contributed by atoms with E-state index in [9.17, 15) is 24.6 Å². The first-order valence-electron chi connectivity index (χ1n) is 10.9. The van der Waals surface area contributed by atoms with Crippen LogP contribution in [-0.2, 0) is 14.4 Å². The maximum Gasteiger partial charge on any atom is 0.323 e. The maximum absolute atomic E-state index is 13.1. The number of carbonyl (C=O) groups excluding carboxylic acids is 1. The van der Waals surface area contributed by atoms with Crippen LogP contribution in [0.3, 0.4) is 0 Å². The van der Waals surface area contributed by atoms with Gasteiger partial charge in [-0.05, 0) is 50.4 Å². The van der Waals surface area contributed by atoms with Crippen LogP contribution < -0.4 is 15.5 Å². The lowest BCUT2D eigenvalue weighted by atomic mass is 9.92. The summed E-state index contributed by atoms with van der Waals surface area (Å²) in [5, 5.41) is 25.3. The van der Waals surface area contributed by atoms with Gasteiger partial charge in [0.1, 0.15) is 12.6 Å². The maximum atomic E-state index is 13.1. The Morgan fingerprint density at radius 1 is 1.19 bits per heavy atom. The van der Waals surface area contributed by atoms with E-state index in [4.69, 9.17) is 0 Å². The topological polar surface area (TPSA) is 119 Å².